The van der Waals surface area contributed by atoms with Crippen molar-refractivity contribution in [3.63, 3.8) is 0 Å². The van der Waals surface area contributed by atoms with Gasteiger partial charge in [-0.2, -0.15) is 0 Å². The van der Waals surface area contributed by atoms with Gasteiger partial charge in [0.25, 0.3) is 0 Å². The first-order valence-corrected chi connectivity index (χ1v) is 3.41. The molecule has 6 heavy (non-hydrogen) atoms. The van der Waals surface area contributed by atoms with E-state index in [0.29, 0.717) is 0 Å². The van der Waals surface area contributed by atoms with Gasteiger partial charge in [0.05, 0.1) is 0 Å². The number of allylic oxidation sites excluding steroid dienone is 1. The summed E-state index contributed by atoms with van der Waals surface area (Å²) in [4.78, 5) is 0. The van der Waals surface area contributed by atoms with Gasteiger partial charge in [0.2, 0.25) is 0 Å². The van der Waals surface area contributed by atoms with Crippen LogP contribution in [0.5, 0.6) is 0 Å². The van der Waals surface area contributed by atoms with Crippen LogP contribution >= 0.6 is 0 Å². The summed E-state index contributed by atoms with van der Waals surface area (Å²) in [5.41, 5.74) is 0. The fraction of sp³-hybridized carbons (Fsp3) is 0.600. The molecule has 0 heterocycles. The van der Waals surface area contributed by atoms with Crippen molar-refractivity contribution in [2.24, 2.45) is 5.92 Å². The van der Waals surface area contributed by atoms with Crippen molar-refractivity contribution in [1.29, 1.82) is 0 Å². The molecule has 0 unspecified atom stereocenters. The predicted octanol–water partition coefficient (Wildman–Crippen LogP) is 1.46. The second-order valence-corrected chi connectivity index (χ2v) is 2.35. The van der Waals surface area contributed by atoms with Crippen LogP contribution in [0.1, 0.15) is 12.8 Å². The van der Waals surface area contributed by atoms with Crippen LogP contribution in [0.3, 0.4) is 0 Å². The zero-order valence-corrected chi connectivity index (χ0v) is 5.61. The molecular formula is C5H7Au. The number of rotatable bonds is 1. The van der Waals surface area contributed by atoms with Gasteiger partial charge in [-0.3, -0.25) is 0 Å². The van der Waals surface area contributed by atoms with Crippen molar-refractivity contribution in [2.75, 3.05) is 0 Å². The molecular weight excluding hydrogens is 257 g/mol. The second-order valence-electron chi connectivity index (χ2n) is 1.63. The van der Waals surface area contributed by atoms with Crippen LogP contribution < -0.4 is 0 Å². The molecule has 1 aliphatic rings. The van der Waals surface area contributed by atoms with Crippen molar-refractivity contribution in [3.05, 3.63) is 10.4 Å². The van der Waals surface area contributed by atoms with E-state index in [-0.39, 0.29) is 0 Å². The molecule has 1 heteroatoms. The van der Waals surface area contributed by atoms with E-state index in [9.17, 15) is 0 Å². The molecule has 1 rings (SSSR count). The van der Waals surface area contributed by atoms with E-state index in [4.69, 9.17) is 0 Å². The SMILES string of the molecule is [Au][CH]=CC1CC1. The van der Waals surface area contributed by atoms with E-state index in [1.165, 1.54) is 12.8 Å². The zero-order valence-electron chi connectivity index (χ0n) is 3.45. The fourth-order valence-corrected chi connectivity index (χ4v) is 0.960. The second kappa shape index (κ2) is 1.97. The third-order valence-corrected chi connectivity index (χ3v) is 1.37. The van der Waals surface area contributed by atoms with Crippen molar-refractivity contribution in [2.45, 2.75) is 12.8 Å². The quantitative estimate of drug-likeness (QED) is 0.629. The number of hydrogen-bond acceptors (Lipinski definition) is 0. The predicted molar refractivity (Wildman–Crippen MR) is 21.9 cm³/mol. The van der Waals surface area contributed by atoms with E-state index in [1.54, 1.807) is 0 Å². The molecule has 0 saturated heterocycles. The van der Waals surface area contributed by atoms with Gasteiger partial charge >= 0.3 is 50.2 Å². The minimum absolute atomic E-state index is 0.954. The van der Waals surface area contributed by atoms with Crippen LogP contribution in [-0.4, -0.2) is 0 Å². The van der Waals surface area contributed by atoms with Crippen molar-refractivity contribution < 1.29 is 21.1 Å². The maximum absolute atomic E-state index is 2.42. The molecule has 0 spiro atoms. The topological polar surface area (TPSA) is 0 Å². The van der Waals surface area contributed by atoms with E-state index in [1.807, 2.05) is 0 Å². The summed E-state index contributed by atoms with van der Waals surface area (Å²) in [5.74, 6) is 0.954. The van der Waals surface area contributed by atoms with Crippen LogP contribution in [0.15, 0.2) is 10.4 Å². The van der Waals surface area contributed by atoms with Crippen molar-refractivity contribution in [1.82, 2.24) is 0 Å². The van der Waals surface area contributed by atoms with Gasteiger partial charge in [-0.15, -0.1) is 0 Å². The van der Waals surface area contributed by atoms with Crippen LogP contribution in [0.2, 0.25) is 0 Å². The molecule has 0 amide bonds. The Morgan fingerprint density at radius 3 is 2.33 bits per heavy atom. The van der Waals surface area contributed by atoms with Gasteiger partial charge < -0.3 is 0 Å². The van der Waals surface area contributed by atoms with E-state index in [2.05, 4.69) is 31.4 Å². The van der Waals surface area contributed by atoms with Crippen molar-refractivity contribution in [3.8, 4) is 0 Å². The molecule has 1 fully saturated rings. The molecule has 1 saturated carbocycles. The van der Waals surface area contributed by atoms with Crippen LogP contribution in [0.4, 0.5) is 0 Å². The normalized spacial score (nSPS) is 23.0. The van der Waals surface area contributed by atoms with Crippen LogP contribution in [0.25, 0.3) is 0 Å². The zero-order chi connectivity index (χ0) is 4.41. The molecule has 0 atom stereocenters. The number of hydrogen-bond donors (Lipinski definition) is 0. The van der Waals surface area contributed by atoms with Crippen LogP contribution in [-0.2, 0) is 21.1 Å². The molecule has 0 aromatic carbocycles. The van der Waals surface area contributed by atoms with E-state index in [0.717, 1.165) is 5.92 Å². The first-order chi connectivity index (χ1) is 2.93. The van der Waals surface area contributed by atoms with E-state index < -0.39 is 0 Å². The summed E-state index contributed by atoms with van der Waals surface area (Å²) >= 11 is 2.42. The third-order valence-electron chi connectivity index (χ3n) is 0.952. The van der Waals surface area contributed by atoms with Gasteiger partial charge in [0.15, 0.2) is 0 Å². The van der Waals surface area contributed by atoms with Crippen LogP contribution in [0, 0.1) is 5.92 Å². The Hall–Kier alpha value is 0.480. The van der Waals surface area contributed by atoms with Gasteiger partial charge in [0.1, 0.15) is 0 Å². The van der Waals surface area contributed by atoms with Gasteiger partial charge in [-0.25, -0.2) is 0 Å². The Balaban J connectivity index is 2.15. The van der Waals surface area contributed by atoms with Crippen molar-refractivity contribution >= 4 is 0 Å². The molecule has 0 aliphatic heterocycles. The third kappa shape index (κ3) is 1.29. The summed E-state index contributed by atoms with van der Waals surface area (Å²) in [6.45, 7) is 0. The summed E-state index contributed by atoms with van der Waals surface area (Å²) in [6.07, 6.45) is 5.11. The summed E-state index contributed by atoms with van der Waals surface area (Å²) in [5, 5.41) is 0. The molecule has 0 bridgehead atoms. The fourth-order valence-electron chi connectivity index (χ4n) is 0.371. The molecule has 0 aromatic rings. The standard InChI is InChI=1S/C5H7.Au/c1-2-5-3-4-5;/h1-2,5H,3-4H2;. The first-order valence-electron chi connectivity index (χ1n) is 2.16. The molecule has 38 valence electrons. The molecule has 0 radical (unpaired) electrons. The summed E-state index contributed by atoms with van der Waals surface area (Å²) in [7, 11) is 0. The summed E-state index contributed by atoms with van der Waals surface area (Å²) < 4.78 is 2.08. The maximum atomic E-state index is 2.42. The van der Waals surface area contributed by atoms with Gasteiger partial charge in [-0.05, 0) is 0 Å². The summed E-state index contributed by atoms with van der Waals surface area (Å²) in [6, 6.07) is 0. The minimum atomic E-state index is 0.954. The monoisotopic (exact) mass is 264 g/mol. The Morgan fingerprint density at radius 1 is 1.50 bits per heavy atom. The Bertz CT molecular complexity index is 62.3. The van der Waals surface area contributed by atoms with Gasteiger partial charge in [0, 0.05) is 0 Å². The molecule has 1 aliphatic carbocycles. The Morgan fingerprint density at radius 2 is 2.17 bits per heavy atom. The molecule has 0 nitrogen and oxygen atoms in total. The molecule has 0 N–H and O–H groups in total. The first kappa shape index (κ1) is 4.63. The van der Waals surface area contributed by atoms with Gasteiger partial charge in [-0.1, -0.05) is 0 Å². The Kier molecular flexibility index (Phi) is 1.52. The molecule has 0 aromatic heterocycles. The average Bonchev–Trinajstić information content (AvgIpc) is 2.21. The average molecular weight is 264 g/mol. The van der Waals surface area contributed by atoms with E-state index >= 15 is 0 Å². The Labute approximate surface area is 50.5 Å².